The van der Waals surface area contributed by atoms with Crippen molar-refractivity contribution in [2.24, 2.45) is 0 Å². The van der Waals surface area contributed by atoms with Gasteiger partial charge in [0, 0.05) is 18.1 Å². The summed E-state index contributed by atoms with van der Waals surface area (Å²) in [4.78, 5) is 29.8. The number of rotatable bonds is 2. The van der Waals surface area contributed by atoms with Crippen LogP contribution < -0.4 is 10.9 Å². The predicted molar refractivity (Wildman–Crippen MR) is 78.1 cm³/mol. The lowest BCUT2D eigenvalue weighted by Gasteiger charge is -2.03. The van der Waals surface area contributed by atoms with E-state index in [1.807, 2.05) is 25.1 Å². The summed E-state index contributed by atoms with van der Waals surface area (Å²) in [6, 6.07) is 9.13. The summed E-state index contributed by atoms with van der Waals surface area (Å²) in [5, 5.41) is 3.16. The number of aromatic amines is 2. The van der Waals surface area contributed by atoms with Crippen LogP contribution in [0.3, 0.4) is 0 Å². The smallest absolute Gasteiger partial charge is 0.258 e. The second-order valence-corrected chi connectivity index (χ2v) is 4.57. The van der Waals surface area contributed by atoms with Crippen LogP contribution in [-0.4, -0.2) is 15.9 Å². The molecule has 0 aliphatic rings. The molecule has 5 heteroatoms. The highest BCUT2D eigenvalue weighted by atomic mass is 16.2. The van der Waals surface area contributed by atoms with Gasteiger partial charge < -0.3 is 15.3 Å². The molecule has 0 saturated carbocycles. The molecule has 3 aromatic rings. The van der Waals surface area contributed by atoms with Crippen LogP contribution in [0, 0.1) is 6.92 Å². The number of carbonyl (C=O) groups is 1. The van der Waals surface area contributed by atoms with Gasteiger partial charge in [-0.25, -0.2) is 0 Å². The van der Waals surface area contributed by atoms with Gasteiger partial charge in [0.25, 0.3) is 11.5 Å². The number of aryl methyl sites for hydroxylation is 1. The minimum absolute atomic E-state index is 0.273. The summed E-state index contributed by atoms with van der Waals surface area (Å²) in [6.45, 7) is 1.87. The second kappa shape index (κ2) is 4.70. The van der Waals surface area contributed by atoms with E-state index in [2.05, 4.69) is 15.3 Å². The van der Waals surface area contributed by atoms with Crippen LogP contribution in [0.1, 0.15) is 15.9 Å². The molecule has 2 heterocycles. The average molecular weight is 267 g/mol. The third kappa shape index (κ3) is 1.99. The van der Waals surface area contributed by atoms with Gasteiger partial charge in [-0.15, -0.1) is 0 Å². The van der Waals surface area contributed by atoms with Gasteiger partial charge in [0.1, 0.15) is 0 Å². The van der Waals surface area contributed by atoms with E-state index < -0.39 is 0 Å². The zero-order chi connectivity index (χ0) is 14.1. The second-order valence-electron chi connectivity index (χ2n) is 4.57. The van der Waals surface area contributed by atoms with Crippen LogP contribution >= 0.6 is 0 Å². The molecule has 0 aliphatic carbocycles. The molecule has 1 aromatic carbocycles. The van der Waals surface area contributed by atoms with Crippen molar-refractivity contribution in [3.8, 4) is 0 Å². The number of aromatic nitrogens is 2. The summed E-state index contributed by atoms with van der Waals surface area (Å²) in [6.07, 6.45) is 3.19. The molecule has 100 valence electrons. The highest BCUT2D eigenvalue weighted by molar-refractivity contribution is 6.12. The maximum Gasteiger partial charge on any atom is 0.258 e. The first-order valence-electron chi connectivity index (χ1n) is 6.22. The van der Waals surface area contributed by atoms with Crippen LogP contribution in [0.4, 0.5) is 5.69 Å². The van der Waals surface area contributed by atoms with Crippen molar-refractivity contribution >= 4 is 22.5 Å². The van der Waals surface area contributed by atoms with Crippen molar-refractivity contribution in [1.82, 2.24) is 9.97 Å². The number of hydrogen-bond donors (Lipinski definition) is 3. The first kappa shape index (κ1) is 12.2. The number of carbonyl (C=O) groups excluding carboxylic acids is 1. The molecule has 0 saturated heterocycles. The molecule has 3 rings (SSSR count). The number of anilines is 1. The van der Waals surface area contributed by atoms with E-state index in [1.54, 1.807) is 24.5 Å². The minimum atomic E-state index is -0.307. The number of hydrogen-bond acceptors (Lipinski definition) is 2. The summed E-state index contributed by atoms with van der Waals surface area (Å²) >= 11 is 0. The zero-order valence-corrected chi connectivity index (χ0v) is 10.9. The van der Waals surface area contributed by atoms with Gasteiger partial charge in [-0.05, 0) is 24.6 Å². The van der Waals surface area contributed by atoms with Crippen LogP contribution in [0.5, 0.6) is 0 Å². The summed E-state index contributed by atoms with van der Waals surface area (Å²) in [5.41, 5.74) is 2.33. The molecule has 5 nitrogen and oxygen atoms in total. The van der Waals surface area contributed by atoms with E-state index in [0.717, 1.165) is 5.56 Å². The molecule has 1 amide bonds. The Morgan fingerprint density at radius 1 is 1.10 bits per heavy atom. The monoisotopic (exact) mass is 267 g/mol. The lowest BCUT2D eigenvalue weighted by atomic mass is 10.1. The summed E-state index contributed by atoms with van der Waals surface area (Å²) < 4.78 is 0. The Morgan fingerprint density at radius 2 is 1.85 bits per heavy atom. The molecule has 0 atom stereocenters. The van der Waals surface area contributed by atoms with Crippen LogP contribution in [-0.2, 0) is 0 Å². The first-order chi connectivity index (χ1) is 9.66. The van der Waals surface area contributed by atoms with Gasteiger partial charge in [0.15, 0.2) is 0 Å². The standard InChI is InChI=1S/C15H13N3O2/c1-9-7-17-15(20)12-11(8-16-13(9)12)14(19)18-10-5-3-2-4-6-10/h2-8,16H,1H3,(H,17,20)(H,18,19). The van der Waals surface area contributed by atoms with Crippen molar-refractivity contribution in [2.45, 2.75) is 6.92 Å². The Morgan fingerprint density at radius 3 is 2.60 bits per heavy atom. The van der Waals surface area contributed by atoms with Gasteiger partial charge in [-0.3, -0.25) is 9.59 Å². The Kier molecular flexibility index (Phi) is 2.87. The molecule has 0 unspecified atom stereocenters. The molecule has 2 aromatic heterocycles. The minimum Gasteiger partial charge on any atom is -0.360 e. The molecule has 0 spiro atoms. The highest BCUT2D eigenvalue weighted by Crippen LogP contribution is 2.18. The highest BCUT2D eigenvalue weighted by Gasteiger charge is 2.16. The number of H-pyrrole nitrogens is 2. The number of nitrogens with one attached hydrogen (secondary N) is 3. The van der Waals surface area contributed by atoms with E-state index in [0.29, 0.717) is 22.2 Å². The van der Waals surface area contributed by atoms with E-state index in [4.69, 9.17) is 0 Å². The Hall–Kier alpha value is -2.82. The summed E-state index contributed by atoms with van der Waals surface area (Å²) in [7, 11) is 0. The fraction of sp³-hybridized carbons (Fsp3) is 0.0667. The third-order valence-corrected chi connectivity index (χ3v) is 3.20. The fourth-order valence-electron chi connectivity index (χ4n) is 2.19. The zero-order valence-electron chi connectivity index (χ0n) is 10.9. The van der Waals surface area contributed by atoms with Crippen molar-refractivity contribution < 1.29 is 4.79 Å². The van der Waals surface area contributed by atoms with Gasteiger partial charge in [-0.1, -0.05) is 18.2 Å². The Bertz CT molecular complexity index is 831. The third-order valence-electron chi connectivity index (χ3n) is 3.20. The normalized spacial score (nSPS) is 10.7. The van der Waals surface area contributed by atoms with Crippen LogP contribution in [0.2, 0.25) is 0 Å². The number of para-hydroxylation sites is 1. The molecular weight excluding hydrogens is 254 g/mol. The van der Waals surface area contributed by atoms with E-state index >= 15 is 0 Å². The lowest BCUT2D eigenvalue weighted by molar-refractivity contribution is 0.102. The average Bonchev–Trinajstić information content (AvgIpc) is 2.90. The molecular formula is C15H13N3O2. The van der Waals surface area contributed by atoms with Crippen molar-refractivity contribution in [2.75, 3.05) is 5.32 Å². The van der Waals surface area contributed by atoms with Crippen molar-refractivity contribution in [1.29, 1.82) is 0 Å². The van der Waals surface area contributed by atoms with E-state index in [9.17, 15) is 9.59 Å². The molecule has 20 heavy (non-hydrogen) atoms. The van der Waals surface area contributed by atoms with Gasteiger partial charge in [0.05, 0.1) is 16.5 Å². The molecule has 0 bridgehead atoms. The number of amides is 1. The number of pyridine rings is 1. The van der Waals surface area contributed by atoms with Gasteiger partial charge >= 0.3 is 0 Å². The maximum atomic E-state index is 12.3. The molecule has 3 N–H and O–H groups in total. The van der Waals surface area contributed by atoms with Crippen LogP contribution in [0.15, 0.2) is 47.5 Å². The van der Waals surface area contributed by atoms with Gasteiger partial charge in [-0.2, -0.15) is 0 Å². The molecule has 0 fully saturated rings. The predicted octanol–water partition coefficient (Wildman–Crippen LogP) is 2.42. The van der Waals surface area contributed by atoms with E-state index in [-0.39, 0.29) is 11.5 Å². The van der Waals surface area contributed by atoms with Crippen LogP contribution in [0.25, 0.3) is 10.9 Å². The number of benzene rings is 1. The lowest BCUT2D eigenvalue weighted by Crippen LogP contribution is -2.15. The first-order valence-corrected chi connectivity index (χ1v) is 6.22. The Balaban J connectivity index is 2.05. The number of fused-ring (bicyclic) bond motifs is 1. The van der Waals surface area contributed by atoms with Gasteiger partial charge in [0.2, 0.25) is 0 Å². The topological polar surface area (TPSA) is 77.8 Å². The molecule has 0 aliphatic heterocycles. The quantitative estimate of drug-likeness (QED) is 0.666. The van der Waals surface area contributed by atoms with E-state index in [1.165, 1.54) is 0 Å². The fourth-order valence-corrected chi connectivity index (χ4v) is 2.19. The van der Waals surface area contributed by atoms with Crippen molar-refractivity contribution in [3.63, 3.8) is 0 Å². The SMILES string of the molecule is Cc1c[nH]c(=O)c2c(C(=O)Nc3ccccc3)c[nH]c12. The summed E-state index contributed by atoms with van der Waals surface area (Å²) in [5.74, 6) is -0.307. The molecule has 0 radical (unpaired) electrons. The van der Waals surface area contributed by atoms with Crippen molar-refractivity contribution in [3.05, 3.63) is 64.2 Å². The largest absolute Gasteiger partial charge is 0.360 e. The maximum absolute atomic E-state index is 12.3. The Labute approximate surface area is 114 Å².